The fraction of sp³-hybridized carbons (Fsp3) is 0.579. The Balaban J connectivity index is 1.84. The second-order valence-electron chi connectivity index (χ2n) is 7.50. The van der Waals surface area contributed by atoms with Gasteiger partial charge < -0.3 is 10.2 Å². The molecule has 1 aliphatic heterocycles. The highest BCUT2D eigenvalue weighted by atomic mass is 32.2. The monoisotopic (exact) mass is 464 g/mol. The van der Waals surface area contributed by atoms with Crippen molar-refractivity contribution in [2.45, 2.75) is 36.4 Å². The van der Waals surface area contributed by atoms with Crippen molar-refractivity contribution in [3.05, 3.63) is 29.8 Å². The number of carbonyl (C=O) groups excluding carboxylic acids is 2. The van der Waals surface area contributed by atoms with E-state index in [4.69, 9.17) is 0 Å². The molecule has 2 amide bonds. The molecule has 0 radical (unpaired) electrons. The minimum atomic E-state index is -4.53. The van der Waals surface area contributed by atoms with Gasteiger partial charge in [-0.1, -0.05) is 0 Å². The number of amides is 2. The highest BCUT2D eigenvalue weighted by Crippen LogP contribution is 2.19. The topological polar surface area (TPSA) is 98.8 Å². The van der Waals surface area contributed by atoms with Gasteiger partial charge in [0, 0.05) is 32.7 Å². The van der Waals surface area contributed by atoms with Gasteiger partial charge in [0.25, 0.3) is 5.91 Å². The molecular weight excluding hydrogens is 437 g/mol. The van der Waals surface area contributed by atoms with E-state index in [2.05, 4.69) is 4.72 Å². The first-order chi connectivity index (χ1) is 14.4. The van der Waals surface area contributed by atoms with Crippen LogP contribution in [0.15, 0.2) is 29.2 Å². The maximum atomic E-state index is 12.4. The summed E-state index contributed by atoms with van der Waals surface area (Å²) in [6.45, 7) is 0.0565. The Morgan fingerprint density at radius 3 is 2.42 bits per heavy atom. The molecule has 0 saturated carbocycles. The summed E-state index contributed by atoms with van der Waals surface area (Å²) in [6.07, 6.45) is -2.32. The van der Waals surface area contributed by atoms with E-state index in [1.807, 2.05) is 4.90 Å². The van der Waals surface area contributed by atoms with Crippen molar-refractivity contribution >= 4 is 21.8 Å². The number of rotatable bonds is 9. The van der Waals surface area contributed by atoms with Crippen molar-refractivity contribution in [2.75, 3.05) is 40.3 Å². The first kappa shape index (κ1) is 25.1. The van der Waals surface area contributed by atoms with Crippen molar-refractivity contribution < 1.29 is 31.2 Å². The van der Waals surface area contributed by atoms with Crippen LogP contribution < -0.4 is 10.0 Å². The lowest BCUT2D eigenvalue weighted by Crippen LogP contribution is -2.43. The van der Waals surface area contributed by atoms with E-state index in [0.29, 0.717) is 13.0 Å². The fourth-order valence-electron chi connectivity index (χ4n) is 3.31. The minimum absolute atomic E-state index is 0.0393. The molecule has 1 aromatic carbocycles. The molecule has 0 aliphatic carbocycles. The number of hydrogen-bond donors (Lipinski definition) is 2. The van der Waals surface area contributed by atoms with E-state index in [0.717, 1.165) is 43.7 Å². The van der Waals surface area contributed by atoms with Crippen LogP contribution >= 0.6 is 0 Å². The third-order valence-corrected chi connectivity index (χ3v) is 6.36. The van der Waals surface area contributed by atoms with Gasteiger partial charge in [-0.05, 0) is 50.1 Å². The second kappa shape index (κ2) is 10.4. The van der Waals surface area contributed by atoms with Crippen molar-refractivity contribution in [2.24, 2.45) is 0 Å². The molecule has 2 rings (SSSR count). The summed E-state index contributed by atoms with van der Waals surface area (Å²) in [7, 11) is -0.420. The standard InChI is InChI=1S/C19H27F3N4O4S/c1-25(2)18(28)16-5-3-11-26(16)12-4-10-24-31(29,30)15-8-6-14(7-9-15)17(27)23-13-19(20,21)22/h6-9,16,24H,3-5,10-13H2,1-2H3,(H,23,27). The van der Waals surface area contributed by atoms with E-state index in [1.165, 1.54) is 0 Å². The number of carbonyl (C=O) groups is 2. The number of alkyl halides is 3. The summed E-state index contributed by atoms with van der Waals surface area (Å²) in [5.74, 6) is -0.904. The van der Waals surface area contributed by atoms with Crippen molar-refractivity contribution in [3.63, 3.8) is 0 Å². The van der Waals surface area contributed by atoms with Gasteiger partial charge in [-0.25, -0.2) is 13.1 Å². The summed E-state index contributed by atoms with van der Waals surface area (Å²) in [4.78, 5) is 27.4. The van der Waals surface area contributed by atoms with Gasteiger partial charge in [-0.3, -0.25) is 14.5 Å². The highest BCUT2D eigenvalue weighted by molar-refractivity contribution is 7.89. The van der Waals surface area contributed by atoms with Crippen LogP contribution in [0, 0.1) is 0 Å². The van der Waals surface area contributed by atoms with Gasteiger partial charge in [0.05, 0.1) is 10.9 Å². The normalized spacial score (nSPS) is 17.5. The van der Waals surface area contributed by atoms with E-state index < -0.39 is 28.7 Å². The van der Waals surface area contributed by atoms with Crippen molar-refractivity contribution in [1.29, 1.82) is 0 Å². The van der Waals surface area contributed by atoms with E-state index in [-0.39, 0.29) is 29.0 Å². The average Bonchev–Trinajstić information content (AvgIpc) is 3.16. The molecule has 1 unspecified atom stereocenters. The smallest absolute Gasteiger partial charge is 0.347 e. The van der Waals surface area contributed by atoms with E-state index in [9.17, 15) is 31.2 Å². The van der Waals surface area contributed by atoms with Crippen LogP contribution in [0.3, 0.4) is 0 Å². The molecule has 2 N–H and O–H groups in total. The molecule has 1 fully saturated rings. The van der Waals surface area contributed by atoms with Crippen LogP contribution in [0.4, 0.5) is 13.2 Å². The molecule has 0 aromatic heterocycles. The number of hydrogen-bond acceptors (Lipinski definition) is 5. The van der Waals surface area contributed by atoms with Crippen LogP contribution in [-0.4, -0.2) is 82.5 Å². The fourth-order valence-corrected chi connectivity index (χ4v) is 4.39. The molecule has 1 atom stereocenters. The maximum Gasteiger partial charge on any atom is 0.405 e. The highest BCUT2D eigenvalue weighted by Gasteiger charge is 2.31. The third-order valence-electron chi connectivity index (χ3n) is 4.88. The van der Waals surface area contributed by atoms with Crippen molar-refractivity contribution in [3.8, 4) is 0 Å². The van der Waals surface area contributed by atoms with Gasteiger partial charge in [-0.15, -0.1) is 0 Å². The van der Waals surface area contributed by atoms with Crippen LogP contribution in [0.25, 0.3) is 0 Å². The molecule has 1 heterocycles. The number of benzene rings is 1. The van der Waals surface area contributed by atoms with Gasteiger partial charge in [0.15, 0.2) is 0 Å². The Bertz CT molecular complexity index is 873. The summed E-state index contributed by atoms with van der Waals surface area (Å²) in [5.41, 5.74) is -0.0752. The summed E-state index contributed by atoms with van der Waals surface area (Å²) in [6, 6.07) is 4.46. The number of nitrogens with one attached hydrogen (secondary N) is 2. The summed E-state index contributed by atoms with van der Waals surface area (Å²) < 4.78 is 63.8. The number of likely N-dealkylation sites (N-methyl/N-ethyl adjacent to an activating group) is 1. The lowest BCUT2D eigenvalue weighted by molar-refractivity contribution is -0.133. The number of halogens is 3. The second-order valence-corrected chi connectivity index (χ2v) is 9.27. The molecule has 31 heavy (non-hydrogen) atoms. The zero-order chi connectivity index (χ0) is 23.2. The Hall–Kier alpha value is -2.18. The quantitative estimate of drug-likeness (QED) is 0.535. The molecule has 174 valence electrons. The predicted molar refractivity (Wildman–Crippen MR) is 108 cm³/mol. The number of nitrogens with zero attached hydrogens (tertiary/aromatic N) is 2. The van der Waals surface area contributed by atoms with E-state index >= 15 is 0 Å². The SMILES string of the molecule is CN(C)C(=O)C1CCCN1CCCNS(=O)(=O)c1ccc(C(=O)NCC(F)(F)F)cc1. The average molecular weight is 465 g/mol. The summed E-state index contributed by atoms with van der Waals surface area (Å²) in [5, 5.41) is 1.72. The van der Waals surface area contributed by atoms with Crippen LogP contribution in [0.5, 0.6) is 0 Å². The predicted octanol–water partition coefficient (Wildman–Crippen LogP) is 1.20. The van der Waals surface area contributed by atoms with Gasteiger partial charge >= 0.3 is 6.18 Å². The molecule has 1 aliphatic rings. The lowest BCUT2D eigenvalue weighted by Gasteiger charge is -2.26. The zero-order valence-corrected chi connectivity index (χ0v) is 18.2. The summed E-state index contributed by atoms with van der Waals surface area (Å²) >= 11 is 0. The van der Waals surface area contributed by atoms with Gasteiger partial charge in [-0.2, -0.15) is 13.2 Å². The van der Waals surface area contributed by atoms with E-state index in [1.54, 1.807) is 24.3 Å². The number of likely N-dealkylation sites (tertiary alicyclic amines) is 1. The van der Waals surface area contributed by atoms with Gasteiger partial charge in [0.2, 0.25) is 15.9 Å². The lowest BCUT2D eigenvalue weighted by atomic mass is 10.2. The first-order valence-electron chi connectivity index (χ1n) is 9.80. The van der Waals surface area contributed by atoms with Crippen LogP contribution in [0.1, 0.15) is 29.6 Å². The van der Waals surface area contributed by atoms with Gasteiger partial charge in [0.1, 0.15) is 6.54 Å². The first-order valence-corrected chi connectivity index (χ1v) is 11.3. The largest absolute Gasteiger partial charge is 0.405 e. The zero-order valence-electron chi connectivity index (χ0n) is 17.4. The van der Waals surface area contributed by atoms with Crippen LogP contribution in [0.2, 0.25) is 0 Å². The Labute approximate surface area is 179 Å². The number of sulfonamides is 1. The molecule has 8 nitrogen and oxygen atoms in total. The Morgan fingerprint density at radius 2 is 1.84 bits per heavy atom. The minimum Gasteiger partial charge on any atom is -0.347 e. The molecule has 0 spiro atoms. The molecular formula is C19H27F3N4O4S. The van der Waals surface area contributed by atoms with Crippen LogP contribution in [-0.2, 0) is 14.8 Å². The third kappa shape index (κ3) is 7.47. The molecule has 1 saturated heterocycles. The molecule has 12 heteroatoms. The molecule has 0 bridgehead atoms. The van der Waals surface area contributed by atoms with Crippen molar-refractivity contribution in [1.82, 2.24) is 19.8 Å². The Kier molecular flexibility index (Phi) is 8.43. The Morgan fingerprint density at radius 1 is 1.19 bits per heavy atom. The maximum absolute atomic E-state index is 12.4. The molecule has 1 aromatic rings.